The Hall–Kier alpha value is -5.82. The van der Waals surface area contributed by atoms with E-state index < -0.39 is 0 Å². The molecule has 7 heteroatoms. The summed E-state index contributed by atoms with van der Waals surface area (Å²) in [7, 11) is 0. The Morgan fingerprint density at radius 3 is 1.28 bits per heavy atom. The Morgan fingerprint density at radius 1 is 0.419 bits per heavy atom. The van der Waals surface area contributed by atoms with Gasteiger partial charge in [0.2, 0.25) is 11.9 Å². The van der Waals surface area contributed by atoms with Crippen LogP contribution >= 0.6 is 0 Å². The molecule has 0 bridgehead atoms. The number of hydrogen-bond acceptors (Lipinski definition) is 7. The van der Waals surface area contributed by atoms with Crippen LogP contribution < -0.4 is 4.90 Å². The molecule has 7 nitrogen and oxygen atoms in total. The van der Waals surface area contributed by atoms with E-state index in [4.69, 9.17) is 29.9 Å². The van der Waals surface area contributed by atoms with Gasteiger partial charge >= 0.3 is 0 Å². The third-order valence-electron chi connectivity index (χ3n) is 7.01. The fourth-order valence-corrected chi connectivity index (χ4v) is 4.88. The predicted molar refractivity (Wildman–Crippen MR) is 171 cm³/mol. The van der Waals surface area contributed by atoms with E-state index >= 15 is 0 Å². The van der Waals surface area contributed by atoms with Gasteiger partial charge < -0.3 is 0 Å². The molecule has 0 unspecified atom stereocenters. The first-order valence-corrected chi connectivity index (χ1v) is 14.2. The van der Waals surface area contributed by atoms with Gasteiger partial charge in [0.1, 0.15) is 0 Å². The van der Waals surface area contributed by atoms with Crippen molar-refractivity contribution in [2.45, 2.75) is 12.8 Å². The maximum atomic E-state index is 5.02. The average molecular weight is 558 g/mol. The van der Waals surface area contributed by atoms with Gasteiger partial charge in [-0.1, -0.05) is 127 Å². The highest BCUT2D eigenvalue weighted by atomic mass is 15.4. The molecule has 0 fully saturated rings. The van der Waals surface area contributed by atoms with Crippen molar-refractivity contribution in [3.05, 3.63) is 145 Å². The second-order valence-electron chi connectivity index (χ2n) is 9.97. The van der Waals surface area contributed by atoms with Crippen LogP contribution in [0.1, 0.15) is 18.7 Å². The number of nitrogens with zero attached hydrogens (tertiary/aromatic N) is 7. The van der Waals surface area contributed by atoms with Crippen LogP contribution in [0.5, 0.6) is 0 Å². The zero-order valence-corrected chi connectivity index (χ0v) is 23.3. The SMILES string of the molecule is C1=CC(c2nc(-c3ccccc3)nc(N(c3ccccc3)c3nc(-c4ccccc4)nc(-c4ccccc4)n3)n2)=CCC1. The van der Waals surface area contributed by atoms with Crippen molar-refractivity contribution in [1.29, 1.82) is 0 Å². The molecule has 206 valence electrons. The minimum Gasteiger partial charge on any atom is -0.246 e. The Morgan fingerprint density at radius 2 is 0.837 bits per heavy atom. The van der Waals surface area contributed by atoms with E-state index in [-0.39, 0.29) is 0 Å². The molecule has 4 aromatic carbocycles. The van der Waals surface area contributed by atoms with Gasteiger partial charge in [0.25, 0.3) is 0 Å². The molecule has 0 atom stereocenters. The summed E-state index contributed by atoms with van der Waals surface area (Å²) in [4.78, 5) is 31.7. The molecule has 0 spiro atoms. The highest BCUT2D eigenvalue weighted by molar-refractivity contribution is 5.76. The van der Waals surface area contributed by atoms with Crippen molar-refractivity contribution >= 4 is 23.2 Å². The summed E-state index contributed by atoms with van der Waals surface area (Å²) < 4.78 is 0. The zero-order chi connectivity index (χ0) is 28.8. The summed E-state index contributed by atoms with van der Waals surface area (Å²) in [5.41, 5.74) is 4.44. The Kier molecular flexibility index (Phi) is 7.26. The minimum atomic E-state index is 0.406. The lowest BCUT2D eigenvalue weighted by Crippen LogP contribution is -2.19. The Balaban J connectivity index is 1.48. The highest BCUT2D eigenvalue weighted by Crippen LogP contribution is 2.34. The number of anilines is 3. The summed E-state index contributed by atoms with van der Waals surface area (Å²) >= 11 is 0. The van der Waals surface area contributed by atoms with E-state index in [1.807, 2.05) is 126 Å². The van der Waals surface area contributed by atoms with E-state index in [0.717, 1.165) is 40.8 Å². The maximum Gasteiger partial charge on any atom is 0.241 e. The van der Waals surface area contributed by atoms with Gasteiger partial charge in [-0.25, -0.2) is 14.9 Å². The van der Waals surface area contributed by atoms with Gasteiger partial charge in [0, 0.05) is 22.3 Å². The lowest BCUT2D eigenvalue weighted by Gasteiger charge is -2.23. The number of benzene rings is 4. The summed E-state index contributed by atoms with van der Waals surface area (Å²) in [6.45, 7) is 0. The number of aromatic nitrogens is 6. The largest absolute Gasteiger partial charge is 0.246 e. The van der Waals surface area contributed by atoms with Gasteiger partial charge in [0.05, 0.1) is 5.69 Å². The molecule has 0 radical (unpaired) electrons. The third-order valence-corrected chi connectivity index (χ3v) is 7.01. The van der Waals surface area contributed by atoms with E-state index in [0.29, 0.717) is 35.2 Å². The number of hydrogen-bond donors (Lipinski definition) is 0. The maximum absolute atomic E-state index is 5.02. The monoisotopic (exact) mass is 557 g/mol. The van der Waals surface area contributed by atoms with Crippen LogP contribution in [0.3, 0.4) is 0 Å². The van der Waals surface area contributed by atoms with E-state index in [2.05, 4.69) is 18.2 Å². The Labute approximate surface area is 250 Å². The molecule has 1 aliphatic rings. The molecule has 43 heavy (non-hydrogen) atoms. The topological polar surface area (TPSA) is 80.6 Å². The lowest BCUT2D eigenvalue weighted by atomic mass is 10.1. The van der Waals surface area contributed by atoms with Gasteiger partial charge in [-0.3, -0.25) is 0 Å². The Bertz CT molecular complexity index is 1850. The molecule has 0 saturated heterocycles. The van der Waals surface area contributed by atoms with Gasteiger partial charge in [0.15, 0.2) is 23.3 Å². The molecule has 0 amide bonds. The normalized spacial score (nSPS) is 12.5. The first-order valence-electron chi connectivity index (χ1n) is 14.2. The van der Waals surface area contributed by atoms with Crippen molar-refractivity contribution in [3.8, 4) is 34.2 Å². The fraction of sp³-hybridized carbons (Fsp3) is 0.0556. The average Bonchev–Trinajstić information content (AvgIpc) is 3.10. The number of para-hydroxylation sites is 1. The second kappa shape index (κ2) is 12.0. The number of allylic oxidation sites excluding steroid dienone is 4. The molecule has 0 aliphatic heterocycles. The molecule has 2 heterocycles. The lowest BCUT2D eigenvalue weighted by molar-refractivity contribution is 0.946. The van der Waals surface area contributed by atoms with Gasteiger partial charge in [-0.05, 0) is 25.0 Å². The fourth-order valence-electron chi connectivity index (χ4n) is 4.88. The zero-order valence-electron chi connectivity index (χ0n) is 23.3. The van der Waals surface area contributed by atoms with Crippen LogP contribution in [0.4, 0.5) is 17.6 Å². The van der Waals surface area contributed by atoms with Crippen LogP contribution in [-0.2, 0) is 0 Å². The van der Waals surface area contributed by atoms with Crippen LogP contribution in [0.15, 0.2) is 140 Å². The summed E-state index contributed by atoms with van der Waals surface area (Å²) in [5, 5.41) is 0. The quantitative estimate of drug-likeness (QED) is 0.195. The summed E-state index contributed by atoms with van der Waals surface area (Å²) in [5.74, 6) is 3.10. The molecule has 0 saturated carbocycles. The first-order chi connectivity index (χ1) is 21.3. The van der Waals surface area contributed by atoms with Crippen LogP contribution in [-0.4, -0.2) is 29.9 Å². The first kappa shape index (κ1) is 26.1. The molecule has 2 aromatic heterocycles. The highest BCUT2D eigenvalue weighted by Gasteiger charge is 2.24. The molecular formula is C36H27N7. The standard InChI is InChI=1S/C36H27N7/c1-6-16-26(17-7-1)31-37-32(27-18-8-2-9-19-27)40-35(39-31)43(30-24-14-5-15-25-30)36-41-33(28-20-10-3-11-21-28)38-34(42-36)29-22-12-4-13-23-29/h1-3,5-12,14-25H,4,13H2. The van der Waals surface area contributed by atoms with Crippen molar-refractivity contribution in [1.82, 2.24) is 29.9 Å². The van der Waals surface area contributed by atoms with Crippen molar-refractivity contribution in [3.63, 3.8) is 0 Å². The van der Waals surface area contributed by atoms with Crippen LogP contribution in [0.2, 0.25) is 0 Å². The molecule has 0 N–H and O–H groups in total. The van der Waals surface area contributed by atoms with Gasteiger partial charge in [-0.15, -0.1) is 0 Å². The summed E-state index contributed by atoms with van der Waals surface area (Å²) in [6.07, 6.45) is 8.34. The molecule has 1 aliphatic carbocycles. The number of rotatable bonds is 7. The third kappa shape index (κ3) is 5.69. The smallest absolute Gasteiger partial charge is 0.241 e. The van der Waals surface area contributed by atoms with Crippen molar-refractivity contribution in [2.24, 2.45) is 0 Å². The molecule has 6 aromatic rings. The van der Waals surface area contributed by atoms with E-state index in [9.17, 15) is 0 Å². The van der Waals surface area contributed by atoms with E-state index in [1.165, 1.54) is 0 Å². The van der Waals surface area contributed by atoms with Crippen molar-refractivity contribution < 1.29 is 0 Å². The van der Waals surface area contributed by atoms with Crippen molar-refractivity contribution in [2.75, 3.05) is 4.90 Å². The van der Waals surface area contributed by atoms with Crippen LogP contribution in [0.25, 0.3) is 39.7 Å². The minimum absolute atomic E-state index is 0.406. The molecule has 7 rings (SSSR count). The predicted octanol–water partition coefficient (Wildman–Crippen LogP) is 8.26. The summed E-state index contributed by atoms with van der Waals surface area (Å²) in [6, 6.07) is 39.7. The van der Waals surface area contributed by atoms with Crippen LogP contribution in [0, 0.1) is 0 Å². The second-order valence-corrected chi connectivity index (χ2v) is 9.97. The molecular weight excluding hydrogens is 530 g/mol. The van der Waals surface area contributed by atoms with E-state index in [1.54, 1.807) is 0 Å². The van der Waals surface area contributed by atoms with Gasteiger partial charge in [-0.2, -0.15) is 19.9 Å².